The molecular formula is C26H17ClN2O7S2. The van der Waals surface area contributed by atoms with Gasteiger partial charge in [0.15, 0.2) is 16.7 Å². The average molecular weight is 569 g/mol. The number of aliphatic hydroxyl groups excluding tert-OH is 1. The summed E-state index contributed by atoms with van der Waals surface area (Å²) in [7, 11) is -3.95. The molecule has 3 aromatic carbocycles. The average Bonchev–Trinajstić information content (AvgIpc) is 3.50. The van der Waals surface area contributed by atoms with Crippen molar-refractivity contribution < 1.29 is 33.3 Å². The largest absolute Gasteiger partial charge is 0.508 e. The lowest BCUT2D eigenvalue weighted by molar-refractivity contribution is -0.117. The molecule has 0 saturated carbocycles. The highest BCUT2D eigenvalue weighted by atomic mass is 35.5. The van der Waals surface area contributed by atoms with Crippen LogP contribution in [0.1, 0.15) is 22.0 Å². The normalized spacial score (nSPS) is 15.8. The van der Waals surface area contributed by atoms with Gasteiger partial charge in [0, 0.05) is 5.56 Å². The maximum atomic E-state index is 13.5. The monoisotopic (exact) mass is 568 g/mol. The summed E-state index contributed by atoms with van der Waals surface area (Å²) >= 11 is 6.81. The molecule has 4 aromatic rings. The van der Waals surface area contributed by atoms with E-state index in [0.29, 0.717) is 11.3 Å². The van der Waals surface area contributed by atoms with Gasteiger partial charge in [-0.1, -0.05) is 47.2 Å². The molecule has 1 aromatic heterocycles. The number of hydrogen-bond acceptors (Lipinski definition) is 9. The highest BCUT2D eigenvalue weighted by molar-refractivity contribution is 7.93. The van der Waals surface area contributed by atoms with Crippen LogP contribution < -0.4 is 4.90 Å². The van der Waals surface area contributed by atoms with Crippen LogP contribution in [-0.4, -0.2) is 40.4 Å². The van der Waals surface area contributed by atoms with Gasteiger partial charge >= 0.3 is 0 Å². The van der Waals surface area contributed by atoms with Crippen molar-refractivity contribution in [2.75, 3.05) is 4.90 Å². The number of amides is 1. The fourth-order valence-electron chi connectivity index (χ4n) is 4.01. The number of benzene rings is 3. The first-order valence-electron chi connectivity index (χ1n) is 10.9. The number of thiazole rings is 1. The van der Waals surface area contributed by atoms with Gasteiger partial charge in [0.25, 0.3) is 5.91 Å². The highest BCUT2D eigenvalue weighted by Crippen LogP contribution is 2.45. The molecule has 2 heterocycles. The Bertz CT molecular complexity index is 1720. The van der Waals surface area contributed by atoms with Crippen molar-refractivity contribution in [2.24, 2.45) is 0 Å². The number of phenolic OH excluding ortho intramolecular Hbond substituents is 2. The number of carbonyl (C=O) groups excluding carboxylic acids is 2. The van der Waals surface area contributed by atoms with Crippen molar-refractivity contribution in [3.8, 4) is 11.5 Å². The van der Waals surface area contributed by atoms with E-state index in [-0.39, 0.29) is 47.5 Å². The third-order valence-corrected chi connectivity index (χ3v) is 9.40. The van der Waals surface area contributed by atoms with E-state index in [1.165, 1.54) is 54.6 Å². The fourth-order valence-corrected chi connectivity index (χ4v) is 6.77. The van der Waals surface area contributed by atoms with E-state index in [4.69, 9.17) is 11.6 Å². The predicted molar refractivity (Wildman–Crippen MR) is 139 cm³/mol. The number of nitrogens with zero attached hydrogens (tertiary/aromatic N) is 2. The van der Waals surface area contributed by atoms with Gasteiger partial charge in [-0.05, 0) is 54.1 Å². The second-order valence-electron chi connectivity index (χ2n) is 8.21. The van der Waals surface area contributed by atoms with Gasteiger partial charge in [-0.25, -0.2) is 13.4 Å². The number of aromatic nitrogens is 1. The number of carbonyl (C=O) groups is 2. The lowest BCUT2D eigenvalue weighted by Crippen LogP contribution is -2.31. The zero-order chi connectivity index (χ0) is 27.2. The molecule has 0 radical (unpaired) electrons. The summed E-state index contributed by atoms with van der Waals surface area (Å²) in [5.74, 6) is -2.85. The van der Waals surface area contributed by atoms with Crippen molar-refractivity contribution in [3.63, 3.8) is 0 Å². The molecule has 0 aliphatic carbocycles. The maximum Gasteiger partial charge on any atom is 0.296 e. The van der Waals surface area contributed by atoms with Crippen LogP contribution in [0, 0.1) is 0 Å². The second kappa shape index (κ2) is 9.60. The van der Waals surface area contributed by atoms with E-state index < -0.39 is 33.3 Å². The van der Waals surface area contributed by atoms with Gasteiger partial charge in [-0.15, -0.1) is 0 Å². The number of aliphatic hydroxyl groups is 1. The molecule has 5 rings (SSSR count). The van der Waals surface area contributed by atoms with Crippen LogP contribution in [0.5, 0.6) is 11.5 Å². The van der Waals surface area contributed by atoms with Crippen molar-refractivity contribution in [1.29, 1.82) is 0 Å². The van der Waals surface area contributed by atoms with E-state index >= 15 is 0 Å². The number of ketones is 1. The van der Waals surface area contributed by atoms with Gasteiger partial charge in [0.2, 0.25) is 9.84 Å². The first kappa shape index (κ1) is 25.5. The molecule has 1 atom stereocenters. The van der Waals surface area contributed by atoms with Crippen LogP contribution in [0.25, 0.3) is 0 Å². The maximum absolute atomic E-state index is 13.5. The molecular weight excluding hydrogens is 552 g/mol. The van der Waals surface area contributed by atoms with Gasteiger partial charge < -0.3 is 15.3 Å². The summed E-state index contributed by atoms with van der Waals surface area (Å²) in [5.41, 5.74) is 0.0421. The Hall–Kier alpha value is -4.19. The summed E-state index contributed by atoms with van der Waals surface area (Å²) in [5, 5.41) is 30.2. The lowest BCUT2D eigenvalue weighted by Gasteiger charge is -2.24. The summed E-state index contributed by atoms with van der Waals surface area (Å²) in [6.45, 7) is 0. The summed E-state index contributed by atoms with van der Waals surface area (Å²) < 4.78 is 26.1. The third-order valence-electron chi connectivity index (χ3n) is 5.87. The molecule has 0 bridgehead atoms. The molecule has 9 nitrogen and oxygen atoms in total. The Labute approximate surface area is 225 Å². The highest BCUT2D eigenvalue weighted by Gasteiger charge is 2.46. The van der Waals surface area contributed by atoms with Crippen LogP contribution in [-0.2, 0) is 14.6 Å². The number of rotatable bonds is 6. The Morgan fingerprint density at radius 2 is 1.66 bits per heavy atom. The minimum absolute atomic E-state index is 0.0361. The van der Waals surface area contributed by atoms with Crippen LogP contribution in [0.4, 0.5) is 5.13 Å². The molecule has 1 unspecified atom stereocenters. The SMILES string of the molecule is O=C(C1=C(O)C(=O)N(c2ncc(S(=O)(=O)c3ccccc3)s2)C1c1ccc(O)c(Cl)c1)c1ccc(O)cc1. The van der Waals surface area contributed by atoms with Crippen molar-refractivity contribution in [3.05, 3.63) is 106 Å². The van der Waals surface area contributed by atoms with Gasteiger partial charge in [-0.3, -0.25) is 14.5 Å². The number of hydrogen-bond donors (Lipinski definition) is 3. The first-order chi connectivity index (χ1) is 18.1. The summed E-state index contributed by atoms with van der Waals surface area (Å²) in [4.78, 5) is 32.0. The topological polar surface area (TPSA) is 145 Å². The lowest BCUT2D eigenvalue weighted by atomic mass is 9.93. The quantitative estimate of drug-likeness (QED) is 0.281. The number of phenols is 2. The Kier molecular flexibility index (Phi) is 6.43. The van der Waals surface area contributed by atoms with E-state index in [0.717, 1.165) is 11.1 Å². The Balaban J connectivity index is 1.63. The van der Waals surface area contributed by atoms with E-state index in [1.54, 1.807) is 18.2 Å². The van der Waals surface area contributed by atoms with E-state index in [2.05, 4.69) is 4.98 Å². The zero-order valence-corrected chi connectivity index (χ0v) is 21.5. The van der Waals surface area contributed by atoms with Crippen molar-refractivity contribution >= 4 is 49.6 Å². The minimum Gasteiger partial charge on any atom is -0.508 e. The second-order valence-corrected chi connectivity index (χ2v) is 11.8. The molecule has 1 aliphatic rings. The van der Waals surface area contributed by atoms with E-state index in [1.807, 2.05) is 0 Å². The van der Waals surface area contributed by atoms with E-state index in [9.17, 15) is 33.3 Å². The van der Waals surface area contributed by atoms with Crippen molar-refractivity contribution in [2.45, 2.75) is 15.1 Å². The molecule has 1 aliphatic heterocycles. The van der Waals surface area contributed by atoms with Crippen LogP contribution in [0.3, 0.4) is 0 Å². The number of aromatic hydroxyl groups is 2. The minimum atomic E-state index is -3.95. The molecule has 0 fully saturated rings. The number of anilines is 1. The number of halogens is 1. The Morgan fingerprint density at radius 3 is 2.32 bits per heavy atom. The molecule has 192 valence electrons. The van der Waals surface area contributed by atoms with Gasteiger partial charge in [0.05, 0.1) is 27.7 Å². The molecule has 0 spiro atoms. The van der Waals surface area contributed by atoms with Crippen LogP contribution >= 0.6 is 22.9 Å². The van der Waals surface area contributed by atoms with Gasteiger partial charge in [0.1, 0.15) is 15.7 Å². The van der Waals surface area contributed by atoms with Crippen LogP contribution in [0.15, 0.2) is 99.4 Å². The molecule has 38 heavy (non-hydrogen) atoms. The molecule has 1 amide bonds. The molecule has 0 saturated heterocycles. The first-order valence-corrected chi connectivity index (χ1v) is 13.6. The third kappa shape index (κ3) is 4.30. The summed E-state index contributed by atoms with van der Waals surface area (Å²) in [6.07, 6.45) is 1.10. The van der Waals surface area contributed by atoms with Crippen LogP contribution in [0.2, 0.25) is 5.02 Å². The number of Topliss-reactive ketones (excluding diaryl/α,β-unsaturated/α-hetero) is 1. The predicted octanol–water partition coefficient (Wildman–Crippen LogP) is 4.82. The van der Waals surface area contributed by atoms with Crippen molar-refractivity contribution in [1.82, 2.24) is 4.98 Å². The zero-order valence-electron chi connectivity index (χ0n) is 19.1. The number of sulfone groups is 1. The Morgan fingerprint density at radius 1 is 0.974 bits per heavy atom. The molecule has 12 heteroatoms. The standard InChI is InChI=1S/C26H17ClN2O7S2/c27-18-12-15(8-11-19(18)31)22-21(23(32)14-6-9-16(30)10-7-14)24(33)25(34)29(22)26-28-13-20(37-26)38(35,36)17-4-2-1-3-5-17/h1-13,22,30-31,33H. The summed E-state index contributed by atoms with van der Waals surface area (Å²) in [6, 6.07) is 15.7. The fraction of sp³-hybridized carbons (Fsp3) is 0.0385. The van der Waals surface area contributed by atoms with Gasteiger partial charge in [-0.2, -0.15) is 0 Å². The molecule has 3 N–H and O–H groups in total. The smallest absolute Gasteiger partial charge is 0.296 e.